The minimum absolute atomic E-state index is 0.159. The lowest BCUT2D eigenvalue weighted by atomic mass is 10.0. The van der Waals surface area contributed by atoms with Gasteiger partial charge in [-0.3, -0.25) is 4.79 Å². The third-order valence-electron chi connectivity index (χ3n) is 2.66. The molecule has 0 bridgehead atoms. The van der Waals surface area contributed by atoms with Gasteiger partial charge in [-0.05, 0) is 25.3 Å². The van der Waals surface area contributed by atoms with Crippen LogP contribution < -0.4 is 5.32 Å². The molecule has 0 aromatic rings. The maximum atomic E-state index is 11.5. The van der Waals surface area contributed by atoms with E-state index in [1.54, 1.807) is 6.92 Å². The Morgan fingerprint density at radius 1 is 1.33 bits per heavy atom. The Bertz CT molecular complexity index is 338. The fraction of sp³-hybridized carbons (Fsp3) is 0.917. The fourth-order valence-corrected chi connectivity index (χ4v) is 2.46. The Labute approximate surface area is 110 Å². The first-order chi connectivity index (χ1) is 8.32. The summed E-state index contributed by atoms with van der Waals surface area (Å²) in [5, 5.41) is 3.06. The minimum Gasteiger partial charge on any atom is -0.468 e. The van der Waals surface area contributed by atoms with E-state index in [4.69, 9.17) is 4.74 Å². The molecule has 1 atom stereocenters. The molecule has 1 unspecified atom stereocenters. The Morgan fingerprint density at radius 2 is 1.94 bits per heavy atom. The highest BCUT2D eigenvalue weighted by molar-refractivity contribution is 7.91. The van der Waals surface area contributed by atoms with Crippen molar-refractivity contribution in [2.75, 3.05) is 25.2 Å². The number of esters is 1. The number of hydrogen-bond acceptors (Lipinski definition) is 5. The Balaban J connectivity index is 4.08. The molecule has 0 radical (unpaired) electrons. The number of rotatable bonds is 9. The summed E-state index contributed by atoms with van der Waals surface area (Å²) in [6.45, 7) is 6.20. The molecule has 0 spiro atoms. The van der Waals surface area contributed by atoms with Crippen LogP contribution in [0.5, 0.6) is 0 Å². The molecule has 0 rings (SSSR count). The van der Waals surface area contributed by atoms with Crippen LogP contribution in [0.15, 0.2) is 0 Å². The number of nitrogens with one attached hydrogen (secondary N) is 1. The molecule has 0 aliphatic carbocycles. The molecule has 1 N–H and O–H groups in total. The largest absolute Gasteiger partial charge is 0.468 e. The summed E-state index contributed by atoms with van der Waals surface area (Å²) in [7, 11) is -1.56. The highest BCUT2D eigenvalue weighted by Gasteiger charge is 2.19. The average Bonchev–Trinajstić information content (AvgIpc) is 2.31. The maximum absolute atomic E-state index is 11.5. The molecular weight excluding hydrogens is 254 g/mol. The molecule has 0 saturated heterocycles. The summed E-state index contributed by atoms with van der Waals surface area (Å²) in [6.07, 6.45) is 1.20. The molecule has 0 aromatic heterocycles. The second kappa shape index (κ2) is 8.48. The first kappa shape index (κ1) is 17.4. The van der Waals surface area contributed by atoms with E-state index >= 15 is 0 Å². The smallest absolute Gasteiger partial charge is 0.322 e. The quantitative estimate of drug-likeness (QED) is 0.503. The molecule has 0 aliphatic rings. The Morgan fingerprint density at radius 3 is 2.39 bits per heavy atom. The number of sulfone groups is 1. The molecule has 18 heavy (non-hydrogen) atoms. The van der Waals surface area contributed by atoms with Gasteiger partial charge in [-0.25, -0.2) is 8.42 Å². The molecule has 0 aliphatic heterocycles. The lowest BCUT2D eigenvalue weighted by Gasteiger charge is -2.18. The zero-order valence-electron chi connectivity index (χ0n) is 11.7. The maximum Gasteiger partial charge on any atom is 0.322 e. The van der Waals surface area contributed by atoms with Crippen LogP contribution in [0.25, 0.3) is 0 Å². The van der Waals surface area contributed by atoms with Gasteiger partial charge < -0.3 is 10.1 Å². The van der Waals surface area contributed by atoms with Gasteiger partial charge in [-0.2, -0.15) is 0 Å². The van der Waals surface area contributed by atoms with Crippen molar-refractivity contribution in [3.05, 3.63) is 0 Å². The molecule has 6 heteroatoms. The molecule has 0 fully saturated rings. The molecule has 0 saturated carbocycles. The van der Waals surface area contributed by atoms with E-state index in [0.717, 1.165) is 0 Å². The zero-order chi connectivity index (χ0) is 14.2. The summed E-state index contributed by atoms with van der Waals surface area (Å²) < 4.78 is 27.3. The third kappa shape index (κ3) is 7.66. The molecule has 0 aromatic carbocycles. The lowest BCUT2D eigenvalue weighted by molar-refractivity contribution is -0.143. The monoisotopic (exact) mass is 279 g/mol. The standard InChI is InChI=1S/C12H25NO4S/c1-5-18(15,16)8-6-7-13-11(9-10(2)3)12(14)17-4/h10-11,13H,5-9H2,1-4H3. The van der Waals surface area contributed by atoms with Crippen molar-refractivity contribution < 1.29 is 17.9 Å². The summed E-state index contributed by atoms with van der Waals surface area (Å²) in [5.41, 5.74) is 0. The van der Waals surface area contributed by atoms with Gasteiger partial charge in [-0.1, -0.05) is 20.8 Å². The van der Waals surface area contributed by atoms with Crippen molar-refractivity contribution in [2.24, 2.45) is 5.92 Å². The molecule has 5 nitrogen and oxygen atoms in total. The van der Waals surface area contributed by atoms with Gasteiger partial charge >= 0.3 is 5.97 Å². The van der Waals surface area contributed by atoms with Crippen molar-refractivity contribution in [2.45, 2.75) is 39.7 Å². The number of carbonyl (C=O) groups is 1. The van der Waals surface area contributed by atoms with Gasteiger partial charge in [0.05, 0.1) is 12.9 Å². The highest BCUT2D eigenvalue weighted by Crippen LogP contribution is 2.06. The van der Waals surface area contributed by atoms with Gasteiger partial charge in [0.2, 0.25) is 0 Å². The van der Waals surface area contributed by atoms with Crippen molar-refractivity contribution in [1.29, 1.82) is 0 Å². The summed E-state index contributed by atoms with van der Waals surface area (Å²) in [5.74, 6) is 0.411. The van der Waals surface area contributed by atoms with Crippen molar-refractivity contribution in [1.82, 2.24) is 5.32 Å². The lowest BCUT2D eigenvalue weighted by Crippen LogP contribution is -2.39. The van der Waals surface area contributed by atoms with Crippen molar-refractivity contribution in [3.8, 4) is 0 Å². The van der Waals surface area contributed by atoms with Crippen LogP contribution in [0.1, 0.15) is 33.6 Å². The summed E-state index contributed by atoms with van der Waals surface area (Å²) in [4.78, 5) is 11.5. The Hall–Kier alpha value is -0.620. The predicted molar refractivity (Wildman–Crippen MR) is 72.2 cm³/mol. The summed E-state index contributed by atoms with van der Waals surface area (Å²) >= 11 is 0. The van der Waals surface area contributed by atoms with Crippen molar-refractivity contribution in [3.63, 3.8) is 0 Å². The predicted octanol–water partition coefficient (Wildman–Crippen LogP) is 0.988. The van der Waals surface area contributed by atoms with Crippen LogP contribution >= 0.6 is 0 Å². The number of methoxy groups -OCH3 is 1. The second-order valence-corrected chi connectivity index (χ2v) is 7.22. The van der Waals surface area contributed by atoms with Crippen LogP contribution in [0.3, 0.4) is 0 Å². The minimum atomic E-state index is -2.92. The number of hydrogen-bond donors (Lipinski definition) is 1. The number of ether oxygens (including phenoxy) is 1. The molecule has 108 valence electrons. The van der Waals surface area contributed by atoms with E-state index in [2.05, 4.69) is 5.32 Å². The van der Waals surface area contributed by atoms with Crippen LogP contribution in [0.2, 0.25) is 0 Å². The SMILES string of the molecule is CCS(=O)(=O)CCCNC(CC(C)C)C(=O)OC. The molecule has 0 heterocycles. The Kier molecular flexibility index (Phi) is 8.18. The first-order valence-corrected chi connectivity index (χ1v) is 8.16. The van der Waals surface area contributed by atoms with Gasteiger partial charge in [0, 0.05) is 5.75 Å². The normalized spacial score (nSPS) is 13.6. The highest BCUT2D eigenvalue weighted by atomic mass is 32.2. The van der Waals surface area contributed by atoms with Gasteiger partial charge in [0.15, 0.2) is 0 Å². The summed E-state index contributed by atoms with van der Waals surface area (Å²) in [6, 6.07) is -0.348. The molecule has 0 amide bonds. The van der Waals surface area contributed by atoms with Crippen molar-refractivity contribution >= 4 is 15.8 Å². The van der Waals surface area contributed by atoms with Crippen LogP contribution in [0.4, 0.5) is 0 Å². The second-order valence-electron chi connectivity index (χ2n) is 4.75. The van der Waals surface area contributed by atoms with Gasteiger partial charge in [0.25, 0.3) is 0 Å². The van der Waals surface area contributed by atoms with E-state index in [1.807, 2.05) is 13.8 Å². The zero-order valence-corrected chi connectivity index (χ0v) is 12.5. The molecular formula is C12H25NO4S. The third-order valence-corrected chi connectivity index (χ3v) is 4.45. The van der Waals surface area contributed by atoms with Crippen LogP contribution in [0, 0.1) is 5.92 Å². The van der Waals surface area contributed by atoms with E-state index in [1.165, 1.54) is 7.11 Å². The fourth-order valence-electron chi connectivity index (χ4n) is 1.59. The topological polar surface area (TPSA) is 72.5 Å². The van der Waals surface area contributed by atoms with Gasteiger partial charge in [0.1, 0.15) is 15.9 Å². The van der Waals surface area contributed by atoms with Gasteiger partial charge in [-0.15, -0.1) is 0 Å². The van der Waals surface area contributed by atoms with Crippen LogP contribution in [-0.4, -0.2) is 45.6 Å². The van der Waals surface area contributed by atoms with Crippen LogP contribution in [-0.2, 0) is 19.4 Å². The van der Waals surface area contributed by atoms with E-state index in [9.17, 15) is 13.2 Å². The van der Waals surface area contributed by atoms with E-state index < -0.39 is 9.84 Å². The van der Waals surface area contributed by atoms with E-state index in [0.29, 0.717) is 25.3 Å². The number of carbonyl (C=O) groups excluding carboxylic acids is 1. The first-order valence-electron chi connectivity index (χ1n) is 6.34. The average molecular weight is 279 g/mol. The van der Waals surface area contributed by atoms with E-state index in [-0.39, 0.29) is 23.5 Å².